The number of hydrogen-bond acceptors (Lipinski definition) is 4. The van der Waals surface area contributed by atoms with E-state index < -0.39 is 5.91 Å². The maximum Gasteiger partial charge on any atom is 0.259 e. The summed E-state index contributed by atoms with van der Waals surface area (Å²) in [6, 6.07) is 19.1. The van der Waals surface area contributed by atoms with Gasteiger partial charge in [-0.3, -0.25) is 4.79 Å². The van der Waals surface area contributed by atoms with Crippen molar-refractivity contribution < 1.29 is 14.3 Å². The lowest BCUT2D eigenvalue weighted by atomic mass is 10.1. The monoisotopic (exact) mass is 406 g/mol. The number of hydrogen-bond donors (Lipinski definition) is 1. The molecule has 0 bridgehead atoms. The van der Waals surface area contributed by atoms with E-state index >= 15 is 0 Å². The Labute approximate surface area is 173 Å². The molecule has 6 heteroatoms. The number of nitrogens with two attached hydrogens (primary N) is 1. The summed E-state index contributed by atoms with van der Waals surface area (Å²) >= 11 is 6.43. The average molecular weight is 407 g/mol. The molecule has 0 unspecified atom stereocenters. The van der Waals surface area contributed by atoms with Gasteiger partial charge < -0.3 is 15.2 Å². The summed E-state index contributed by atoms with van der Waals surface area (Å²) in [6.07, 6.45) is 1.37. The van der Waals surface area contributed by atoms with Gasteiger partial charge in [0, 0.05) is 0 Å². The fourth-order valence-corrected chi connectivity index (χ4v) is 3.24. The molecule has 0 aliphatic carbocycles. The molecule has 0 heterocycles. The predicted octanol–water partition coefficient (Wildman–Crippen LogP) is 4.86. The van der Waals surface area contributed by atoms with E-state index in [0.717, 1.165) is 16.3 Å². The minimum atomic E-state index is -0.808. The first-order valence-corrected chi connectivity index (χ1v) is 9.38. The van der Waals surface area contributed by atoms with Gasteiger partial charge in [-0.25, -0.2) is 0 Å². The first-order chi connectivity index (χ1) is 14.0. The first-order valence-electron chi connectivity index (χ1n) is 9.01. The Kier molecular flexibility index (Phi) is 6.38. The van der Waals surface area contributed by atoms with E-state index in [9.17, 15) is 4.79 Å². The normalized spacial score (nSPS) is 11.1. The van der Waals surface area contributed by atoms with E-state index in [-0.39, 0.29) is 5.57 Å². The molecule has 1 amide bonds. The summed E-state index contributed by atoms with van der Waals surface area (Å²) in [7, 11) is 0. The quantitative estimate of drug-likeness (QED) is 0.448. The number of primary amides is 1. The molecule has 2 N–H and O–H groups in total. The predicted molar refractivity (Wildman–Crippen MR) is 114 cm³/mol. The van der Waals surface area contributed by atoms with Crippen molar-refractivity contribution in [2.75, 3.05) is 6.61 Å². The van der Waals surface area contributed by atoms with Crippen LogP contribution < -0.4 is 15.2 Å². The molecule has 0 aliphatic heterocycles. The standard InChI is InChI=1S/C23H19ClN2O3/c1-2-28-21-12-15(10-18(13-25)23(26)27)11-20(24)22(21)29-14-17-8-5-7-16-6-3-4-9-19(16)17/h3-12H,2,14H2,1H3,(H2,26,27)/b18-10-. The highest BCUT2D eigenvalue weighted by Crippen LogP contribution is 2.38. The van der Waals surface area contributed by atoms with Gasteiger partial charge >= 0.3 is 0 Å². The van der Waals surface area contributed by atoms with E-state index in [0.29, 0.717) is 35.3 Å². The van der Waals surface area contributed by atoms with Crippen molar-refractivity contribution in [3.8, 4) is 17.6 Å². The Morgan fingerprint density at radius 2 is 1.93 bits per heavy atom. The lowest BCUT2D eigenvalue weighted by Crippen LogP contribution is -2.12. The number of fused-ring (bicyclic) bond motifs is 1. The summed E-state index contributed by atoms with van der Waals surface area (Å²) in [4.78, 5) is 11.3. The molecule has 0 saturated carbocycles. The van der Waals surface area contributed by atoms with Crippen molar-refractivity contribution in [3.05, 3.63) is 76.3 Å². The first kappa shape index (κ1) is 20.2. The Morgan fingerprint density at radius 1 is 1.17 bits per heavy atom. The summed E-state index contributed by atoms with van der Waals surface area (Å²) in [5.41, 5.74) is 6.56. The molecule has 29 heavy (non-hydrogen) atoms. The number of carbonyl (C=O) groups is 1. The topological polar surface area (TPSA) is 85.3 Å². The number of benzene rings is 3. The molecule has 3 aromatic rings. The third kappa shape index (κ3) is 4.68. The minimum absolute atomic E-state index is 0.173. The van der Waals surface area contributed by atoms with Gasteiger partial charge in [-0.2, -0.15) is 5.26 Å². The molecule has 0 aromatic heterocycles. The lowest BCUT2D eigenvalue weighted by molar-refractivity contribution is -0.114. The Bertz CT molecular complexity index is 1130. The molecule has 0 aliphatic rings. The summed E-state index contributed by atoms with van der Waals surface area (Å²) in [6.45, 7) is 2.55. The largest absolute Gasteiger partial charge is 0.490 e. The Hall–Kier alpha value is -3.49. The zero-order valence-corrected chi connectivity index (χ0v) is 16.6. The molecule has 3 rings (SSSR count). The van der Waals surface area contributed by atoms with Gasteiger partial charge in [0.1, 0.15) is 18.2 Å². The number of halogens is 1. The molecule has 3 aromatic carbocycles. The number of carbonyl (C=O) groups excluding carboxylic acids is 1. The van der Waals surface area contributed by atoms with Crippen LogP contribution in [-0.4, -0.2) is 12.5 Å². The second-order valence-corrected chi connectivity index (χ2v) is 6.63. The molecule has 5 nitrogen and oxygen atoms in total. The third-order valence-electron chi connectivity index (χ3n) is 4.28. The van der Waals surface area contributed by atoms with Crippen LogP contribution >= 0.6 is 11.6 Å². The van der Waals surface area contributed by atoms with Gasteiger partial charge in [-0.1, -0.05) is 54.1 Å². The third-order valence-corrected chi connectivity index (χ3v) is 4.56. The molecule has 0 fully saturated rings. The number of rotatable bonds is 7. The summed E-state index contributed by atoms with van der Waals surface area (Å²) < 4.78 is 11.7. The number of nitrogens with zero attached hydrogens (tertiary/aromatic N) is 1. The minimum Gasteiger partial charge on any atom is -0.490 e. The fraction of sp³-hybridized carbons (Fsp3) is 0.130. The van der Waals surface area contributed by atoms with Crippen molar-refractivity contribution >= 4 is 34.4 Å². The van der Waals surface area contributed by atoms with Gasteiger partial charge in [-0.15, -0.1) is 0 Å². The Morgan fingerprint density at radius 3 is 2.66 bits per heavy atom. The van der Waals surface area contributed by atoms with Gasteiger partial charge in [-0.05, 0) is 47.0 Å². The Balaban J connectivity index is 1.94. The number of amides is 1. The maximum atomic E-state index is 11.3. The van der Waals surface area contributed by atoms with Crippen LogP contribution in [0.5, 0.6) is 11.5 Å². The SMILES string of the molecule is CCOc1cc(/C=C(/C#N)C(N)=O)cc(Cl)c1OCc1cccc2ccccc12. The highest BCUT2D eigenvalue weighted by atomic mass is 35.5. The highest BCUT2D eigenvalue weighted by Gasteiger charge is 2.14. The molecule has 0 saturated heterocycles. The fourth-order valence-electron chi connectivity index (χ4n) is 2.97. The van der Waals surface area contributed by atoms with E-state index in [1.54, 1.807) is 18.2 Å². The van der Waals surface area contributed by atoms with Gasteiger partial charge in [0.05, 0.1) is 11.6 Å². The molecule has 0 spiro atoms. The molecule has 0 radical (unpaired) electrons. The second-order valence-electron chi connectivity index (χ2n) is 6.22. The molecular formula is C23H19ClN2O3. The van der Waals surface area contributed by atoms with Crippen LogP contribution in [0.2, 0.25) is 5.02 Å². The van der Waals surface area contributed by atoms with Gasteiger partial charge in [0.25, 0.3) is 5.91 Å². The van der Waals surface area contributed by atoms with Crippen LogP contribution in [0.4, 0.5) is 0 Å². The van der Waals surface area contributed by atoms with Crippen molar-refractivity contribution in [2.24, 2.45) is 5.73 Å². The van der Waals surface area contributed by atoms with Gasteiger partial charge in [0.2, 0.25) is 0 Å². The van der Waals surface area contributed by atoms with Crippen LogP contribution in [-0.2, 0) is 11.4 Å². The summed E-state index contributed by atoms with van der Waals surface area (Å²) in [5.74, 6) is 0.0160. The van der Waals surface area contributed by atoms with Crippen LogP contribution in [0.15, 0.2) is 60.2 Å². The maximum absolute atomic E-state index is 11.3. The van der Waals surface area contributed by atoms with E-state index in [1.165, 1.54) is 6.08 Å². The van der Waals surface area contributed by atoms with E-state index in [2.05, 4.69) is 0 Å². The molecule has 146 valence electrons. The zero-order valence-electron chi connectivity index (χ0n) is 15.8. The van der Waals surface area contributed by atoms with Crippen LogP contribution in [0, 0.1) is 11.3 Å². The van der Waals surface area contributed by atoms with E-state index in [1.807, 2.05) is 49.4 Å². The van der Waals surface area contributed by atoms with Crippen LogP contribution in [0.25, 0.3) is 16.8 Å². The van der Waals surface area contributed by atoms with Crippen molar-refractivity contribution in [1.82, 2.24) is 0 Å². The zero-order chi connectivity index (χ0) is 20.8. The van der Waals surface area contributed by atoms with Crippen molar-refractivity contribution in [2.45, 2.75) is 13.5 Å². The van der Waals surface area contributed by atoms with Crippen molar-refractivity contribution in [1.29, 1.82) is 5.26 Å². The van der Waals surface area contributed by atoms with Crippen LogP contribution in [0.1, 0.15) is 18.1 Å². The van der Waals surface area contributed by atoms with Gasteiger partial charge in [0.15, 0.2) is 11.5 Å². The lowest BCUT2D eigenvalue weighted by Gasteiger charge is -2.15. The average Bonchev–Trinajstić information content (AvgIpc) is 2.71. The number of nitriles is 1. The molecular weight excluding hydrogens is 388 g/mol. The number of ether oxygens (including phenoxy) is 2. The molecule has 0 atom stereocenters. The van der Waals surface area contributed by atoms with Crippen molar-refractivity contribution in [3.63, 3.8) is 0 Å². The second kappa shape index (κ2) is 9.13. The summed E-state index contributed by atoms with van der Waals surface area (Å²) in [5, 5.41) is 11.6. The van der Waals surface area contributed by atoms with E-state index in [4.69, 9.17) is 32.1 Å². The van der Waals surface area contributed by atoms with Crippen LogP contribution in [0.3, 0.4) is 0 Å². The smallest absolute Gasteiger partial charge is 0.259 e. The highest BCUT2D eigenvalue weighted by molar-refractivity contribution is 6.32.